The number of hydrogen-bond donors (Lipinski definition) is 0. The molecule has 0 fully saturated rings. The lowest BCUT2D eigenvalue weighted by molar-refractivity contribution is 0.705. The van der Waals surface area contributed by atoms with Gasteiger partial charge in [-0.2, -0.15) is 0 Å². The second-order valence-corrected chi connectivity index (χ2v) is 11.0. The number of hydrogen-bond acceptors (Lipinski definition) is 3. The fourth-order valence-corrected chi connectivity index (χ4v) is 5.91. The topological polar surface area (TPSA) is 41.4 Å². The Hall–Kier alpha value is -5.87. The van der Waals surface area contributed by atoms with Crippen LogP contribution in [-0.4, -0.2) is 20.7 Å². The molecular formula is C40H28N4. The highest BCUT2D eigenvalue weighted by atomic mass is 15.2. The van der Waals surface area contributed by atoms with Crippen molar-refractivity contribution >= 4 is 54.9 Å². The summed E-state index contributed by atoms with van der Waals surface area (Å²) in [5, 5.41) is 7.05. The highest BCUT2D eigenvalue weighted by molar-refractivity contribution is 6.07. The average Bonchev–Trinajstić information content (AvgIpc) is 3.08. The van der Waals surface area contributed by atoms with Crippen molar-refractivity contribution in [2.75, 3.05) is 0 Å². The van der Waals surface area contributed by atoms with Crippen molar-refractivity contribution in [2.24, 2.45) is 4.99 Å². The maximum absolute atomic E-state index is 5.11. The minimum atomic E-state index is 0.875. The van der Waals surface area contributed by atoms with Crippen LogP contribution in [0.3, 0.4) is 0 Å². The Balaban J connectivity index is 1.15. The van der Waals surface area contributed by atoms with Gasteiger partial charge >= 0.3 is 0 Å². The molecule has 0 bridgehead atoms. The third-order valence-corrected chi connectivity index (χ3v) is 8.17. The lowest BCUT2D eigenvalue weighted by Crippen LogP contribution is -2.26. The van der Waals surface area contributed by atoms with Gasteiger partial charge in [-0.25, -0.2) is 9.98 Å². The van der Waals surface area contributed by atoms with Crippen LogP contribution in [0.15, 0.2) is 163 Å². The first kappa shape index (κ1) is 25.8. The molecule has 7 aromatic rings. The zero-order chi connectivity index (χ0) is 29.5. The van der Waals surface area contributed by atoms with Gasteiger partial charge in [0.1, 0.15) is 5.84 Å². The Kier molecular flexibility index (Phi) is 6.31. The van der Waals surface area contributed by atoms with Crippen molar-refractivity contribution in [1.29, 1.82) is 0 Å². The van der Waals surface area contributed by atoms with E-state index in [4.69, 9.17) is 9.98 Å². The zero-order valence-electron chi connectivity index (χ0n) is 24.2. The monoisotopic (exact) mass is 564 g/mol. The number of amidine groups is 1. The van der Waals surface area contributed by atoms with E-state index in [1.54, 1.807) is 0 Å². The first-order chi connectivity index (χ1) is 21.7. The molecule has 208 valence electrons. The van der Waals surface area contributed by atoms with Crippen LogP contribution < -0.4 is 0 Å². The Morgan fingerprint density at radius 1 is 0.659 bits per heavy atom. The highest BCUT2D eigenvalue weighted by Gasteiger charge is 2.16. The van der Waals surface area contributed by atoms with Crippen LogP contribution in [0.1, 0.15) is 12.5 Å². The van der Waals surface area contributed by atoms with E-state index >= 15 is 0 Å². The number of aromatic nitrogens is 2. The van der Waals surface area contributed by atoms with Gasteiger partial charge in [0.05, 0.1) is 22.4 Å². The van der Waals surface area contributed by atoms with Gasteiger partial charge in [-0.1, -0.05) is 66.7 Å². The first-order valence-corrected chi connectivity index (χ1v) is 14.8. The molecular weight excluding hydrogens is 536 g/mol. The van der Waals surface area contributed by atoms with Crippen LogP contribution in [0.25, 0.3) is 54.6 Å². The van der Waals surface area contributed by atoms with Gasteiger partial charge in [0.2, 0.25) is 0 Å². The number of allylic oxidation sites excluding steroid dienone is 4. The molecule has 0 unspecified atom stereocenters. The summed E-state index contributed by atoms with van der Waals surface area (Å²) < 4.78 is 0. The van der Waals surface area contributed by atoms with Crippen LogP contribution in [0, 0.1) is 0 Å². The molecule has 0 radical (unpaired) electrons. The van der Waals surface area contributed by atoms with Crippen LogP contribution in [0.5, 0.6) is 0 Å². The molecule has 0 saturated heterocycles. The minimum Gasteiger partial charge on any atom is -0.302 e. The van der Waals surface area contributed by atoms with E-state index in [-0.39, 0.29) is 0 Å². The van der Waals surface area contributed by atoms with Crippen LogP contribution >= 0.6 is 0 Å². The Morgan fingerprint density at radius 3 is 2.14 bits per heavy atom. The van der Waals surface area contributed by atoms with Crippen molar-refractivity contribution in [3.8, 4) is 11.3 Å². The summed E-state index contributed by atoms with van der Waals surface area (Å²) in [6.07, 6.45) is 12.2. The fraction of sp³-hybridized carbons (Fsp3) is 0.0250. The molecule has 0 N–H and O–H groups in total. The van der Waals surface area contributed by atoms with E-state index in [1.165, 1.54) is 21.5 Å². The molecule has 2 aromatic heterocycles. The Labute approximate surface area is 255 Å². The third kappa shape index (κ3) is 4.73. The molecule has 0 aliphatic carbocycles. The second kappa shape index (κ2) is 10.8. The summed E-state index contributed by atoms with van der Waals surface area (Å²) >= 11 is 0. The first-order valence-electron chi connectivity index (χ1n) is 14.8. The summed E-state index contributed by atoms with van der Waals surface area (Å²) in [5.74, 6) is 0.875. The summed E-state index contributed by atoms with van der Waals surface area (Å²) in [6.45, 7) is 2.05. The molecule has 0 spiro atoms. The normalized spacial score (nSPS) is 14.4. The maximum atomic E-state index is 5.11. The predicted molar refractivity (Wildman–Crippen MR) is 184 cm³/mol. The number of benzene rings is 5. The molecule has 44 heavy (non-hydrogen) atoms. The summed E-state index contributed by atoms with van der Waals surface area (Å²) in [7, 11) is 0. The molecule has 3 heterocycles. The van der Waals surface area contributed by atoms with Gasteiger partial charge in [-0.3, -0.25) is 4.98 Å². The average molecular weight is 565 g/mol. The second-order valence-electron chi connectivity index (χ2n) is 11.0. The van der Waals surface area contributed by atoms with Crippen LogP contribution in [0.2, 0.25) is 0 Å². The van der Waals surface area contributed by atoms with Crippen molar-refractivity contribution in [1.82, 2.24) is 14.9 Å². The number of fused-ring (bicyclic) bond motifs is 4. The number of pyridine rings is 2. The zero-order valence-corrected chi connectivity index (χ0v) is 24.2. The molecule has 1 aliphatic rings. The van der Waals surface area contributed by atoms with E-state index in [0.29, 0.717) is 0 Å². The van der Waals surface area contributed by atoms with Crippen molar-refractivity contribution < 1.29 is 0 Å². The lowest BCUT2D eigenvalue weighted by Gasteiger charge is -2.25. The molecule has 1 aliphatic heterocycles. The SMILES string of the molecule is C/C=C1/C=CC=CN1/C(=N/c1ccc(-c2ccc3cc4cc5cc6ncccc6cc5cc4cc3n2)cc1)c1ccccc1. The van der Waals surface area contributed by atoms with Gasteiger partial charge in [-0.05, 0) is 101 Å². The smallest absolute Gasteiger partial charge is 0.145 e. The molecule has 4 heteroatoms. The van der Waals surface area contributed by atoms with Gasteiger partial charge < -0.3 is 4.90 Å². The van der Waals surface area contributed by atoms with Crippen LogP contribution in [-0.2, 0) is 0 Å². The largest absolute Gasteiger partial charge is 0.302 e. The van der Waals surface area contributed by atoms with E-state index in [1.807, 2.05) is 49.5 Å². The number of aliphatic imine (C=N–C) groups is 1. The van der Waals surface area contributed by atoms with E-state index in [9.17, 15) is 0 Å². The number of rotatable bonds is 3. The molecule has 5 aromatic carbocycles. The Bertz CT molecular complexity index is 2330. The van der Waals surface area contributed by atoms with Gasteiger partial charge in [0.25, 0.3) is 0 Å². The standard InChI is InChI=1S/C40H28N4/c1-2-36-12-6-7-20-44(36)40(28-9-4-3-5-10-28)42-35-16-13-27(14-17-35)37-18-15-30-22-32-23-33-25-38-29(11-8-19-41-38)21-31(33)24-34(32)26-39(30)43-37/h2-26H,1H3/b36-2-,42-40+. The summed E-state index contributed by atoms with van der Waals surface area (Å²) in [6, 6.07) is 40.3. The Morgan fingerprint density at radius 2 is 1.36 bits per heavy atom. The van der Waals surface area contributed by atoms with Crippen molar-refractivity contribution in [3.05, 3.63) is 163 Å². The van der Waals surface area contributed by atoms with E-state index in [2.05, 4.69) is 119 Å². The van der Waals surface area contributed by atoms with E-state index in [0.717, 1.165) is 55.8 Å². The molecule has 8 rings (SSSR count). The molecule has 0 saturated carbocycles. The minimum absolute atomic E-state index is 0.875. The van der Waals surface area contributed by atoms with Crippen molar-refractivity contribution in [2.45, 2.75) is 6.92 Å². The van der Waals surface area contributed by atoms with E-state index < -0.39 is 0 Å². The van der Waals surface area contributed by atoms with Crippen LogP contribution in [0.4, 0.5) is 5.69 Å². The molecule has 0 atom stereocenters. The maximum Gasteiger partial charge on any atom is 0.145 e. The quantitative estimate of drug-likeness (QED) is 0.122. The summed E-state index contributed by atoms with van der Waals surface area (Å²) in [5.41, 5.74) is 7.01. The molecule has 0 amide bonds. The van der Waals surface area contributed by atoms with Gasteiger partial charge in [0.15, 0.2) is 0 Å². The number of nitrogens with zero attached hydrogens (tertiary/aromatic N) is 4. The fourth-order valence-electron chi connectivity index (χ4n) is 5.91. The molecule has 4 nitrogen and oxygen atoms in total. The highest BCUT2D eigenvalue weighted by Crippen LogP contribution is 2.31. The third-order valence-electron chi connectivity index (χ3n) is 8.17. The summed E-state index contributed by atoms with van der Waals surface area (Å²) in [4.78, 5) is 16.8. The van der Waals surface area contributed by atoms with Crippen molar-refractivity contribution in [3.63, 3.8) is 0 Å². The predicted octanol–water partition coefficient (Wildman–Crippen LogP) is 10.1. The van der Waals surface area contributed by atoms with Gasteiger partial charge in [0, 0.05) is 40.0 Å². The van der Waals surface area contributed by atoms with Gasteiger partial charge in [-0.15, -0.1) is 0 Å². The lowest BCUT2D eigenvalue weighted by atomic mass is 9.99.